The predicted molar refractivity (Wildman–Crippen MR) is 112 cm³/mol. The Hall–Kier alpha value is -2.45. The first-order chi connectivity index (χ1) is 14.4. The Morgan fingerprint density at radius 1 is 1.20 bits per heavy atom. The molecule has 0 bridgehead atoms. The minimum Gasteiger partial charge on any atom is -0.392 e. The first-order valence-electron chi connectivity index (χ1n) is 10.6. The average Bonchev–Trinajstić information content (AvgIpc) is 3.13. The fourth-order valence-electron chi connectivity index (χ4n) is 4.83. The maximum Gasteiger partial charge on any atom is 0.236 e. The highest BCUT2D eigenvalue weighted by atomic mass is 16.5. The molecule has 4 rings (SSSR count). The number of carbonyl (C=O) groups is 2. The molecule has 2 fully saturated rings. The van der Waals surface area contributed by atoms with Crippen LogP contribution in [0.5, 0.6) is 0 Å². The molecule has 2 saturated heterocycles. The lowest BCUT2D eigenvalue weighted by atomic mass is 9.71. The van der Waals surface area contributed by atoms with E-state index in [0.717, 1.165) is 18.2 Å². The maximum atomic E-state index is 13.1. The predicted octanol–water partition coefficient (Wildman–Crippen LogP) is 1.13. The van der Waals surface area contributed by atoms with Crippen molar-refractivity contribution in [2.24, 2.45) is 5.41 Å². The highest BCUT2D eigenvalue weighted by molar-refractivity contribution is 5.86. The van der Waals surface area contributed by atoms with Crippen molar-refractivity contribution < 1.29 is 19.2 Å². The van der Waals surface area contributed by atoms with E-state index in [-0.39, 0.29) is 18.2 Å². The highest BCUT2D eigenvalue weighted by Gasteiger charge is 2.47. The van der Waals surface area contributed by atoms with E-state index >= 15 is 0 Å². The molecular weight excluding hydrogens is 384 g/mol. The Morgan fingerprint density at radius 3 is 2.70 bits per heavy atom. The van der Waals surface area contributed by atoms with Crippen LogP contribution in [0.4, 0.5) is 0 Å². The molecule has 1 aromatic heterocycles. The third kappa shape index (κ3) is 4.06. The fraction of sp³-hybridized carbons (Fsp3) is 0.591. The minimum atomic E-state index is -0.510. The normalized spacial score (nSPS) is 24.7. The summed E-state index contributed by atoms with van der Waals surface area (Å²) < 4.78 is 5.33. The van der Waals surface area contributed by atoms with Crippen LogP contribution in [0.3, 0.4) is 0 Å². The molecule has 0 unspecified atom stereocenters. The minimum absolute atomic E-state index is 0.0166. The van der Waals surface area contributed by atoms with Crippen molar-refractivity contribution in [3.63, 3.8) is 0 Å². The van der Waals surface area contributed by atoms with Crippen molar-refractivity contribution in [2.45, 2.75) is 31.8 Å². The summed E-state index contributed by atoms with van der Waals surface area (Å²) in [6.45, 7) is 2.54. The summed E-state index contributed by atoms with van der Waals surface area (Å²) in [6.07, 6.45) is 1.85. The third-order valence-corrected chi connectivity index (χ3v) is 6.42. The van der Waals surface area contributed by atoms with E-state index in [1.807, 2.05) is 53.1 Å². The van der Waals surface area contributed by atoms with Crippen LogP contribution in [0.2, 0.25) is 0 Å². The van der Waals surface area contributed by atoms with Crippen molar-refractivity contribution in [1.29, 1.82) is 0 Å². The number of aromatic nitrogens is 1. The van der Waals surface area contributed by atoms with Gasteiger partial charge in [-0.15, -0.1) is 0 Å². The number of hydrogen-bond donors (Lipinski definition) is 1. The van der Waals surface area contributed by atoms with Crippen molar-refractivity contribution in [1.82, 2.24) is 19.9 Å². The molecule has 1 aromatic carbocycles. The fourth-order valence-corrected chi connectivity index (χ4v) is 4.83. The van der Waals surface area contributed by atoms with Gasteiger partial charge in [0.25, 0.3) is 0 Å². The molecule has 0 radical (unpaired) electrons. The van der Waals surface area contributed by atoms with E-state index < -0.39 is 11.5 Å². The number of piperidine rings is 2. The summed E-state index contributed by atoms with van der Waals surface area (Å²) in [4.78, 5) is 31.2. The van der Waals surface area contributed by atoms with Gasteiger partial charge in [-0.2, -0.15) is 0 Å². The van der Waals surface area contributed by atoms with Crippen LogP contribution in [-0.4, -0.2) is 89.7 Å². The summed E-state index contributed by atoms with van der Waals surface area (Å²) in [5.41, 5.74) is 0.857. The molecule has 1 N–H and O–H groups in total. The molecule has 2 amide bonds. The third-order valence-electron chi connectivity index (χ3n) is 6.42. The Bertz CT molecular complexity index is 927. The molecule has 2 aliphatic rings. The van der Waals surface area contributed by atoms with E-state index in [9.17, 15) is 14.7 Å². The second-order valence-corrected chi connectivity index (χ2v) is 8.94. The quantitative estimate of drug-likeness (QED) is 0.807. The van der Waals surface area contributed by atoms with Gasteiger partial charge >= 0.3 is 0 Å². The van der Waals surface area contributed by atoms with Crippen molar-refractivity contribution in [2.75, 3.05) is 46.8 Å². The molecule has 0 saturated carbocycles. The maximum absolute atomic E-state index is 13.1. The number of likely N-dealkylation sites (tertiary alicyclic amines) is 2. The molecule has 30 heavy (non-hydrogen) atoms. The Kier molecular flexibility index (Phi) is 5.79. The number of aliphatic hydroxyl groups excluding tert-OH is 1. The van der Waals surface area contributed by atoms with Gasteiger partial charge in [-0.1, -0.05) is 17.3 Å². The summed E-state index contributed by atoms with van der Waals surface area (Å²) in [5.74, 6) is 0.0564. The largest absolute Gasteiger partial charge is 0.392 e. The van der Waals surface area contributed by atoms with Gasteiger partial charge in [0.1, 0.15) is 5.69 Å². The number of aliphatic hydroxyl groups is 1. The second kappa shape index (κ2) is 8.35. The van der Waals surface area contributed by atoms with Gasteiger partial charge in [-0.25, -0.2) is 0 Å². The van der Waals surface area contributed by atoms with Crippen LogP contribution in [0.25, 0.3) is 11.0 Å². The number of amides is 2. The van der Waals surface area contributed by atoms with Crippen LogP contribution >= 0.6 is 0 Å². The number of fused-ring (bicyclic) bond motifs is 1. The Balaban J connectivity index is 1.47. The van der Waals surface area contributed by atoms with Crippen LogP contribution in [0.15, 0.2) is 28.8 Å². The number of likely N-dealkylation sites (N-methyl/N-ethyl adjacent to an activating group) is 1. The van der Waals surface area contributed by atoms with Gasteiger partial charge in [0, 0.05) is 37.0 Å². The number of hydrogen-bond acceptors (Lipinski definition) is 6. The van der Waals surface area contributed by atoms with E-state index in [4.69, 9.17) is 4.52 Å². The molecule has 8 heteroatoms. The van der Waals surface area contributed by atoms with Crippen LogP contribution < -0.4 is 0 Å². The topological polar surface area (TPSA) is 90.1 Å². The molecule has 2 atom stereocenters. The van der Waals surface area contributed by atoms with E-state index in [1.165, 1.54) is 0 Å². The van der Waals surface area contributed by atoms with Gasteiger partial charge in [0.2, 0.25) is 11.8 Å². The smallest absolute Gasteiger partial charge is 0.236 e. The molecular formula is C22H30N4O4. The molecule has 3 heterocycles. The van der Waals surface area contributed by atoms with E-state index in [1.54, 1.807) is 0 Å². The molecule has 0 aliphatic carbocycles. The standard InChI is InChI=1S/C22H30N4O4/c1-24(2)13-21(29)25-10-5-9-22(14-25)15-26(11-8-19(22)27)20(28)12-17-16-6-3-4-7-18(16)30-23-17/h3-4,6-7,19,27H,5,8-15H2,1-2H3/t19-,22+/m0/s1. The number of nitrogens with zero attached hydrogens (tertiary/aromatic N) is 4. The number of para-hydroxylation sites is 1. The van der Waals surface area contributed by atoms with Crippen molar-refractivity contribution >= 4 is 22.8 Å². The molecule has 162 valence electrons. The van der Waals surface area contributed by atoms with E-state index in [0.29, 0.717) is 50.4 Å². The lowest BCUT2D eigenvalue weighted by Gasteiger charge is -2.51. The summed E-state index contributed by atoms with van der Waals surface area (Å²) in [7, 11) is 3.75. The number of benzene rings is 1. The summed E-state index contributed by atoms with van der Waals surface area (Å²) in [5, 5.41) is 15.8. The Labute approximate surface area is 176 Å². The van der Waals surface area contributed by atoms with Crippen molar-refractivity contribution in [3.05, 3.63) is 30.0 Å². The first kappa shape index (κ1) is 20.8. The lowest BCUT2D eigenvalue weighted by Crippen LogP contribution is -2.61. The zero-order valence-corrected chi connectivity index (χ0v) is 17.7. The van der Waals surface area contributed by atoms with Crippen LogP contribution in [-0.2, 0) is 16.0 Å². The summed E-state index contributed by atoms with van der Waals surface area (Å²) in [6, 6.07) is 7.53. The summed E-state index contributed by atoms with van der Waals surface area (Å²) >= 11 is 0. The number of carbonyl (C=O) groups excluding carboxylic acids is 2. The average molecular weight is 415 g/mol. The van der Waals surface area contributed by atoms with Gasteiger partial charge in [0.15, 0.2) is 5.58 Å². The molecule has 2 aliphatic heterocycles. The molecule has 8 nitrogen and oxygen atoms in total. The second-order valence-electron chi connectivity index (χ2n) is 8.94. The van der Waals surface area contributed by atoms with Gasteiger partial charge < -0.3 is 24.3 Å². The zero-order chi connectivity index (χ0) is 21.3. The van der Waals surface area contributed by atoms with Crippen LogP contribution in [0.1, 0.15) is 25.0 Å². The zero-order valence-electron chi connectivity index (χ0n) is 17.7. The monoisotopic (exact) mass is 414 g/mol. The number of rotatable bonds is 4. The lowest BCUT2D eigenvalue weighted by molar-refractivity contribution is -0.148. The molecule has 1 spiro atoms. The van der Waals surface area contributed by atoms with Gasteiger partial charge in [-0.05, 0) is 45.5 Å². The van der Waals surface area contributed by atoms with Gasteiger partial charge in [0.05, 0.1) is 19.1 Å². The van der Waals surface area contributed by atoms with Crippen molar-refractivity contribution in [3.8, 4) is 0 Å². The first-order valence-corrected chi connectivity index (χ1v) is 10.6. The van der Waals surface area contributed by atoms with E-state index in [2.05, 4.69) is 5.16 Å². The van der Waals surface area contributed by atoms with Crippen LogP contribution in [0, 0.1) is 5.41 Å². The highest BCUT2D eigenvalue weighted by Crippen LogP contribution is 2.39. The van der Waals surface area contributed by atoms with Gasteiger partial charge in [-0.3, -0.25) is 9.59 Å². The SMILES string of the molecule is CN(C)CC(=O)N1CCC[C@]2(CN(C(=O)Cc3noc4ccccc34)CC[C@@H]2O)C1. The Morgan fingerprint density at radius 2 is 1.93 bits per heavy atom. The molecule has 2 aromatic rings.